The number of carbonyl (C=O) groups is 2. The van der Waals surface area contributed by atoms with E-state index in [-0.39, 0.29) is 6.54 Å². The Bertz CT molecular complexity index is 425. The van der Waals surface area contributed by atoms with Gasteiger partial charge in [0.1, 0.15) is 11.9 Å². The minimum atomic E-state index is -1.19. The number of aliphatic hydroxyl groups is 1. The Morgan fingerprint density at radius 3 is 2.28 bits per heavy atom. The van der Waals surface area contributed by atoms with Gasteiger partial charge >= 0.3 is 0 Å². The third-order valence-electron chi connectivity index (χ3n) is 2.50. The molecule has 0 fully saturated rings. The number of benzene rings is 1. The van der Waals surface area contributed by atoms with Crippen LogP contribution in [0.25, 0.3) is 0 Å². The first-order valence-corrected chi connectivity index (χ1v) is 5.58. The number of carbonyl (C=O) groups excluding carboxylic acids is 2. The van der Waals surface area contributed by atoms with Gasteiger partial charge in [0.25, 0.3) is 5.91 Å². The lowest BCUT2D eigenvalue weighted by Crippen LogP contribution is -2.40. The van der Waals surface area contributed by atoms with Crippen molar-refractivity contribution in [1.82, 2.24) is 4.90 Å². The monoisotopic (exact) mass is 251 g/mol. The molecule has 5 heteroatoms. The summed E-state index contributed by atoms with van der Waals surface area (Å²) in [7, 11) is 1.56. The van der Waals surface area contributed by atoms with E-state index in [2.05, 4.69) is 0 Å². The summed E-state index contributed by atoms with van der Waals surface area (Å²) in [6.07, 6.45) is -1.19. The second kappa shape index (κ2) is 6.16. The summed E-state index contributed by atoms with van der Waals surface area (Å²) in [5.74, 6) is -0.287. The van der Waals surface area contributed by atoms with Gasteiger partial charge in [-0.15, -0.1) is 0 Å². The summed E-state index contributed by atoms with van der Waals surface area (Å²) >= 11 is 0. The molecular weight excluding hydrogens is 234 g/mol. The largest absolute Gasteiger partial charge is 0.497 e. The molecule has 0 saturated carbocycles. The maximum absolute atomic E-state index is 11.6. The zero-order valence-electron chi connectivity index (χ0n) is 10.7. The smallest absolute Gasteiger partial charge is 0.258 e. The third kappa shape index (κ3) is 3.56. The van der Waals surface area contributed by atoms with Crippen LogP contribution >= 0.6 is 0 Å². The normalized spacial score (nSPS) is 11.8. The van der Waals surface area contributed by atoms with Crippen LogP contribution in [0.3, 0.4) is 0 Å². The van der Waals surface area contributed by atoms with E-state index in [1.54, 1.807) is 31.4 Å². The van der Waals surface area contributed by atoms with Crippen LogP contribution in [-0.4, -0.2) is 35.0 Å². The summed E-state index contributed by atoms with van der Waals surface area (Å²) in [6.45, 7) is 2.78. The molecule has 5 nitrogen and oxygen atoms in total. The van der Waals surface area contributed by atoms with Gasteiger partial charge in [0.2, 0.25) is 5.91 Å². The van der Waals surface area contributed by atoms with Gasteiger partial charge in [0, 0.05) is 6.92 Å². The Kier molecular flexibility index (Phi) is 4.85. The summed E-state index contributed by atoms with van der Waals surface area (Å²) < 4.78 is 5.02. The second-order valence-electron chi connectivity index (χ2n) is 3.97. The van der Waals surface area contributed by atoms with E-state index in [1.165, 1.54) is 13.8 Å². The first-order valence-electron chi connectivity index (χ1n) is 5.58. The van der Waals surface area contributed by atoms with E-state index >= 15 is 0 Å². The highest BCUT2D eigenvalue weighted by Crippen LogP contribution is 2.13. The SMILES string of the molecule is COc1ccc(CN(C(C)=O)C(=O)C(C)O)cc1. The maximum atomic E-state index is 11.6. The van der Waals surface area contributed by atoms with Crippen molar-refractivity contribution in [2.24, 2.45) is 0 Å². The number of aliphatic hydroxyl groups excluding tert-OH is 1. The van der Waals surface area contributed by atoms with Crippen LogP contribution in [-0.2, 0) is 16.1 Å². The highest BCUT2D eigenvalue weighted by Gasteiger charge is 2.22. The zero-order valence-corrected chi connectivity index (χ0v) is 10.7. The Labute approximate surface area is 106 Å². The van der Waals surface area contributed by atoms with Gasteiger partial charge < -0.3 is 9.84 Å². The van der Waals surface area contributed by atoms with E-state index < -0.39 is 17.9 Å². The molecule has 1 unspecified atom stereocenters. The van der Waals surface area contributed by atoms with Crippen molar-refractivity contribution in [2.75, 3.05) is 7.11 Å². The van der Waals surface area contributed by atoms with Crippen molar-refractivity contribution >= 4 is 11.8 Å². The molecule has 18 heavy (non-hydrogen) atoms. The molecule has 1 aromatic rings. The van der Waals surface area contributed by atoms with Crippen LogP contribution in [0.15, 0.2) is 24.3 Å². The van der Waals surface area contributed by atoms with Gasteiger partial charge in [-0.3, -0.25) is 14.5 Å². The molecule has 0 radical (unpaired) electrons. The van der Waals surface area contributed by atoms with Gasteiger partial charge in [-0.1, -0.05) is 12.1 Å². The maximum Gasteiger partial charge on any atom is 0.258 e. The molecule has 0 saturated heterocycles. The van der Waals surface area contributed by atoms with E-state index in [0.29, 0.717) is 5.75 Å². The lowest BCUT2D eigenvalue weighted by atomic mass is 10.2. The molecule has 1 aromatic carbocycles. The van der Waals surface area contributed by atoms with Gasteiger partial charge in [-0.05, 0) is 24.6 Å². The Balaban J connectivity index is 2.83. The fraction of sp³-hybridized carbons (Fsp3) is 0.385. The van der Waals surface area contributed by atoms with Crippen molar-refractivity contribution in [2.45, 2.75) is 26.5 Å². The summed E-state index contributed by atoms with van der Waals surface area (Å²) in [5, 5.41) is 9.24. The van der Waals surface area contributed by atoms with Gasteiger partial charge in [0.05, 0.1) is 13.7 Å². The molecule has 1 atom stereocenters. The highest BCUT2D eigenvalue weighted by atomic mass is 16.5. The Morgan fingerprint density at radius 2 is 1.89 bits per heavy atom. The lowest BCUT2D eigenvalue weighted by Gasteiger charge is -2.20. The molecule has 1 N–H and O–H groups in total. The van der Waals surface area contributed by atoms with E-state index in [4.69, 9.17) is 4.74 Å². The van der Waals surface area contributed by atoms with Crippen LogP contribution in [0, 0.1) is 0 Å². The Hall–Kier alpha value is -1.88. The number of methoxy groups -OCH3 is 1. The van der Waals surface area contributed by atoms with E-state index in [9.17, 15) is 14.7 Å². The minimum absolute atomic E-state index is 0.142. The summed E-state index contributed by atoms with van der Waals surface area (Å²) in [6, 6.07) is 7.04. The molecule has 0 aromatic heterocycles. The average Bonchev–Trinajstić information content (AvgIpc) is 2.35. The molecule has 0 heterocycles. The van der Waals surface area contributed by atoms with Crippen molar-refractivity contribution in [3.05, 3.63) is 29.8 Å². The molecule has 0 spiro atoms. The highest BCUT2D eigenvalue weighted by molar-refractivity contribution is 5.96. The summed E-state index contributed by atoms with van der Waals surface area (Å²) in [4.78, 5) is 24.0. The number of hydrogen-bond donors (Lipinski definition) is 1. The molecule has 0 bridgehead atoms. The number of nitrogens with zero attached hydrogens (tertiary/aromatic N) is 1. The predicted octanol–water partition coefficient (Wildman–Crippen LogP) is 0.951. The van der Waals surface area contributed by atoms with Crippen LogP contribution in [0.4, 0.5) is 0 Å². The Morgan fingerprint density at radius 1 is 1.33 bits per heavy atom. The van der Waals surface area contributed by atoms with Crippen molar-refractivity contribution < 1.29 is 19.4 Å². The number of hydrogen-bond acceptors (Lipinski definition) is 4. The van der Waals surface area contributed by atoms with Crippen LogP contribution in [0.2, 0.25) is 0 Å². The average molecular weight is 251 g/mol. The molecule has 0 aliphatic heterocycles. The fourth-order valence-electron chi connectivity index (χ4n) is 1.48. The number of amides is 2. The van der Waals surface area contributed by atoms with Crippen molar-refractivity contribution in [1.29, 1.82) is 0 Å². The first-order chi connectivity index (χ1) is 8.45. The zero-order chi connectivity index (χ0) is 13.7. The molecule has 2 amide bonds. The first kappa shape index (κ1) is 14.2. The fourth-order valence-corrected chi connectivity index (χ4v) is 1.48. The van der Waals surface area contributed by atoms with E-state index in [1.807, 2.05) is 0 Å². The number of rotatable bonds is 4. The topological polar surface area (TPSA) is 66.8 Å². The van der Waals surface area contributed by atoms with Crippen molar-refractivity contribution in [3.8, 4) is 5.75 Å². The molecule has 1 rings (SSSR count). The van der Waals surface area contributed by atoms with Crippen LogP contribution < -0.4 is 4.74 Å². The molecule has 0 aliphatic carbocycles. The molecular formula is C13H17NO4. The second-order valence-corrected chi connectivity index (χ2v) is 3.97. The lowest BCUT2D eigenvalue weighted by molar-refractivity contribution is -0.149. The number of imide groups is 1. The number of ether oxygens (including phenoxy) is 1. The quantitative estimate of drug-likeness (QED) is 0.865. The third-order valence-corrected chi connectivity index (χ3v) is 2.50. The standard InChI is InChI=1S/C13H17NO4/c1-9(15)13(17)14(10(2)16)8-11-4-6-12(18-3)7-5-11/h4-7,9,15H,8H2,1-3H3. The van der Waals surface area contributed by atoms with Gasteiger partial charge in [-0.2, -0.15) is 0 Å². The predicted molar refractivity (Wildman–Crippen MR) is 65.9 cm³/mol. The van der Waals surface area contributed by atoms with Crippen molar-refractivity contribution in [3.63, 3.8) is 0 Å². The molecule has 98 valence electrons. The van der Waals surface area contributed by atoms with Gasteiger partial charge in [0.15, 0.2) is 0 Å². The summed E-state index contributed by atoms with van der Waals surface area (Å²) in [5.41, 5.74) is 0.792. The van der Waals surface area contributed by atoms with Gasteiger partial charge in [-0.25, -0.2) is 0 Å². The van der Waals surface area contributed by atoms with Crippen LogP contribution in [0.1, 0.15) is 19.4 Å². The molecule has 0 aliphatic rings. The van der Waals surface area contributed by atoms with Crippen LogP contribution in [0.5, 0.6) is 5.75 Å². The van der Waals surface area contributed by atoms with E-state index in [0.717, 1.165) is 10.5 Å². The minimum Gasteiger partial charge on any atom is -0.497 e.